The third-order valence-electron chi connectivity index (χ3n) is 5.20. The average molecular weight is 389 g/mol. The highest BCUT2D eigenvalue weighted by Gasteiger charge is 2.13. The second kappa shape index (κ2) is 7.29. The van der Waals surface area contributed by atoms with Crippen molar-refractivity contribution in [1.29, 1.82) is 0 Å². The third-order valence-corrected chi connectivity index (χ3v) is 5.20. The van der Waals surface area contributed by atoms with E-state index in [1.165, 1.54) is 0 Å². The highest BCUT2D eigenvalue weighted by molar-refractivity contribution is 6.02. The van der Waals surface area contributed by atoms with E-state index in [9.17, 15) is 0 Å². The minimum absolute atomic E-state index is 0.298. The Balaban J connectivity index is 1.46. The predicted octanol–water partition coefficient (Wildman–Crippen LogP) is 3.54. The zero-order valence-electron chi connectivity index (χ0n) is 16.5. The molecule has 0 bridgehead atoms. The number of imidazole rings is 1. The number of aromatic nitrogens is 5. The van der Waals surface area contributed by atoms with Gasteiger partial charge in [0.2, 0.25) is 5.95 Å². The fraction of sp³-hybridized carbons (Fsp3) is 0.333. The molecule has 0 unspecified atom stereocenters. The van der Waals surface area contributed by atoms with Crippen LogP contribution in [0.5, 0.6) is 0 Å². The summed E-state index contributed by atoms with van der Waals surface area (Å²) in [6, 6.07) is 8.34. The molecule has 1 saturated heterocycles. The standard InChI is InChI=1S/C21H23N7O/c1-14(2)28-13-24-17-5-3-15-11-23-21(26-19(15)20(17)28)25-18-6-4-16(12-22-18)27-7-9-29-10-8-27/h3-6,11-14H,7-10H2,1-2H3,(H,22,23,25,26). The summed E-state index contributed by atoms with van der Waals surface area (Å²) >= 11 is 0. The van der Waals surface area contributed by atoms with Gasteiger partial charge in [0.05, 0.1) is 42.5 Å². The van der Waals surface area contributed by atoms with Crippen LogP contribution in [0.15, 0.2) is 43.0 Å². The van der Waals surface area contributed by atoms with Gasteiger partial charge in [0.15, 0.2) is 0 Å². The van der Waals surface area contributed by atoms with Crippen LogP contribution in [-0.2, 0) is 4.74 Å². The van der Waals surface area contributed by atoms with Gasteiger partial charge in [0.1, 0.15) is 11.3 Å². The van der Waals surface area contributed by atoms with Crippen molar-refractivity contribution in [3.63, 3.8) is 0 Å². The van der Waals surface area contributed by atoms with Crippen LogP contribution in [0.3, 0.4) is 0 Å². The first-order chi connectivity index (χ1) is 14.2. The molecule has 0 radical (unpaired) electrons. The van der Waals surface area contributed by atoms with Crippen molar-refractivity contribution < 1.29 is 4.74 Å². The summed E-state index contributed by atoms with van der Waals surface area (Å²) in [7, 11) is 0. The Morgan fingerprint density at radius 3 is 2.62 bits per heavy atom. The van der Waals surface area contributed by atoms with Crippen molar-refractivity contribution in [3.05, 3.63) is 43.0 Å². The van der Waals surface area contributed by atoms with Gasteiger partial charge in [-0.3, -0.25) is 0 Å². The lowest BCUT2D eigenvalue weighted by molar-refractivity contribution is 0.122. The lowest BCUT2D eigenvalue weighted by atomic mass is 10.2. The molecule has 29 heavy (non-hydrogen) atoms. The van der Waals surface area contributed by atoms with Crippen LogP contribution >= 0.6 is 0 Å². The molecular weight excluding hydrogens is 366 g/mol. The summed E-state index contributed by atoms with van der Waals surface area (Å²) in [5, 5.41) is 4.21. The summed E-state index contributed by atoms with van der Waals surface area (Å²) in [6.07, 6.45) is 5.58. The Kier molecular flexibility index (Phi) is 4.48. The summed E-state index contributed by atoms with van der Waals surface area (Å²) < 4.78 is 7.55. The number of nitrogens with zero attached hydrogens (tertiary/aromatic N) is 6. The van der Waals surface area contributed by atoms with Gasteiger partial charge in [-0.15, -0.1) is 0 Å². The minimum atomic E-state index is 0.298. The summed E-state index contributed by atoms with van der Waals surface area (Å²) in [5.41, 5.74) is 3.94. The van der Waals surface area contributed by atoms with Gasteiger partial charge in [-0.25, -0.2) is 19.9 Å². The first-order valence-corrected chi connectivity index (χ1v) is 9.87. The van der Waals surface area contributed by atoms with Crippen LogP contribution in [0.25, 0.3) is 21.9 Å². The Labute approximate surface area is 168 Å². The van der Waals surface area contributed by atoms with Crippen LogP contribution in [0.1, 0.15) is 19.9 Å². The molecule has 1 aliphatic rings. The minimum Gasteiger partial charge on any atom is -0.378 e. The van der Waals surface area contributed by atoms with Gasteiger partial charge in [0.25, 0.3) is 0 Å². The van der Waals surface area contributed by atoms with E-state index >= 15 is 0 Å². The predicted molar refractivity (Wildman–Crippen MR) is 114 cm³/mol. The van der Waals surface area contributed by atoms with E-state index in [-0.39, 0.29) is 0 Å². The maximum absolute atomic E-state index is 5.41. The quantitative estimate of drug-likeness (QED) is 0.572. The van der Waals surface area contributed by atoms with Crippen molar-refractivity contribution in [3.8, 4) is 0 Å². The monoisotopic (exact) mass is 389 g/mol. The number of pyridine rings is 1. The number of hydrogen-bond donors (Lipinski definition) is 1. The highest BCUT2D eigenvalue weighted by Crippen LogP contribution is 2.26. The Morgan fingerprint density at radius 2 is 1.86 bits per heavy atom. The van der Waals surface area contributed by atoms with Crippen LogP contribution in [0.2, 0.25) is 0 Å². The van der Waals surface area contributed by atoms with Crippen molar-refractivity contribution >= 4 is 39.4 Å². The fourth-order valence-electron chi connectivity index (χ4n) is 3.65. The lowest BCUT2D eigenvalue weighted by Crippen LogP contribution is -2.36. The maximum atomic E-state index is 5.41. The van der Waals surface area contributed by atoms with Crippen LogP contribution < -0.4 is 10.2 Å². The molecule has 1 aromatic carbocycles. The number of anilines is 3. The van der Waals surface area contributed by atoms with Gasteiger partial charge in [-0.05, 0) is 38.1 Å². The Hall–Kier alpha value is -3.26. The Bertz CT molecular complexity index is 1150. The van der Waals surface area contributed by atoms with Crippen molar-refractivity contribution in [2.45, 2.75) is 19.9 Å². The van der Waals surface area contributed by atoms with Crippen LogP contribution in [-0.4, -0.2) is 50.8 Å². The van der Waals surface area contributed by atoms with E-state index in [1.807, 2.05) is 36.9 Å². The number of benzene rings is 1. The molecule has 1 fully saturated rings. The molecule has 0 aliphatic carbocycles. The largest absolute Gasteiger partial charge is 0.378 e. The number of fused-ring (bicyclic) bond motifs is 3. The second-order valence-electron chi connectivity index (χ2n) is 7.44. The number of nitrogens with one attached hydrogen (secondary N) is 1. The maximum Gasteiger partial charge on any atom is 0.228 e. The molecule has 0 saturated carbocycles. The van der Waals surface area contributed by atoms with Crippen molar-refractivity contribution in [2.24, 2.45) is 0 Å². The highest BCUT2D eigenvalue weighted by atomic mass is 16.5. The molecule has 3 aromatic heterocycles. The van der Waals surface area contributed by atoms with Gasteiger partial charge in [0, 0.05) is 30.7 Å². The Morgan fingerprint density at radius 1 is 1.00 bits per heavy atom. The molecular formula is C21H23N7O. The van der Waals surface area contributed by atoms with Crippen LogP contribution in [0, 0.1) is 0 Å². The zero-order valence-corrected chi connectivity index (χ0v) is 16.5. The summed E-state index contributed by atoms with van der Waals surface area (Å²) in [5.74, 6) is 1.24. The lowest BCUT2D eigenvalue weighted by Gasteiger charge is -2.28. The van der Waals surface area contributed by atoms with Crippen LogP contribution in [0.4, 0.5) is 17.5 Å². The van der Waals surface area contributed by atoms with Crippen molar-refractivity contribution in [1.82, 2.24) is 24.5 Å². The molecule has 4 aromatic rings. The topological polar surface area (TPSA) is 81.0 Å². The number of morpholine rings is 1. The van der Waals surface area contributed by atoms with Gasteiger partial charge >= 0.3 is 0 Å². The van der Waals surface area contributed by atoms with Gasteiger partial charge in [-0.2, -0.15) is 0 Å². The first-order valence-electron chi connectivity index (χ1n) is 9.87. The SMILES string of the molecule is CC(C)n1cnc2ccc3cnc(Nc4ccc(N5CCOCC5)cn4)nc3c21. The van der Waals surface area contributed by atoms with E-state index in [0.717, 1.165) is 53.9 Å². The molecule has 8 heteroatoms. The first kappa shape index (κ1) is 17.8. The van der Waals surface area contributed by atoms with E-state index in [2.05, 4.69) is 49.6 Å². The smallest absolute Gasteiger partial charge is 0.228 e. The zero-order chi connectivity index (χ0) is 19.8. The molecule has 4 heterocycles. The van der Waals surface area contributed by atoms with Gasteiger partial charge < -0.3 is 19.5 Å². The van der Waals surface area contributed by atoms with E-state index < -0.39 is 0 Å². The molecule has 0 atom stereocenters. The van der Waals surface area contributed by atoms with E-state index in [4.69, 9.17) is 9.72 Å². The fourth-order valence-corrected chi connectivity index (χ4v) is 3.65. The molecule has 0 spiro atoms. The molecule has 148 valence electrons. The number of ether oxygens (including phenoxy) is 1. The van der Waals surface area contributed by atoms with E-state index in [1.54, 1.807) is 0 Å². The molecule has 0 amide bonds. The van der Waals surface area contributed by atoms with Crippen molar-refractivity contribution in [2.75, 3.05) is 36.5 Å². The molecule has 5 rings (SSSR count). The number of hydrogen-bond acceptors (Lipinski definition) is 7. The third kappa shape index (κ3) is 3.36. The van der Waals surface area contributed by atoms with Gasteiger partial charge in [-0.1, -0.05) is 0 Å². The molecule has 1 aliphatic heterocycles. The van der Waals surface area contributed by atoms with E-state index in [0.29, 0.717) is 17.8 Å². The molecule has 8 nitrogen and oxygen atoms in total. The average Bonchev–Trinajstić information content (AvgIpc) is 3.20. The summed E-state index contributed by atoms with van der Waals surface area (Å²) in [6.45, 7) is 7.57. The normalized spacial score (nSPS) is 14.8. The number of rotatable bonds is 4. The second-order valence-corrected chi connectivity index (χ2v) is 7.44. The summed E-state index contributed by atoms with van der Waals surface area (Å²) in [4.78, 5) is 20.6. The molecule has 1 N–H and O–H groups in total.